The van der Waals surface area contributed by atoms with E-state index in [0.717, 1.165) is 18.7 Å². The summed E-state index contributed by atoms with van der Waals surface area (Å²) in [5.41, 5.74) is 1.50. The lowest BCUT2D eigenvalue weighted by Crippen LogP contribution is -2.01. The minimum absolute atomic E-state index is 0.656. The largest absolute Gasteiger partial charge is 0.343 e. The van der Waals surface area contributed by atoms with Crippen LogP contribution in [0.4, 0.5) is 0 Å². The molecule has 10 heavy (non-hydrogen) atoms. The summed E-state index contributed by atoms with van der Waals surface area (Å²) in [6.45, 7) is 4.40. The fourth-order valence-electron chi connectivity index (χ4n) is 1.19. The fourth-order valence-corrected chi connectivity index (χ4v) is 2.32. The number of hydrogen-bond donors (Lipinski definition) is 0. The van der Waals surface area contributed by atoms with Crippen molar-refractivity contribution in [2.24, 2.45) is 5.92 Å². The lowest BCUT2D eigenvalue weighted by Gasteiger charge is -2.09. The molecule has 0 bridgehead atoms. The van der Waals surface area contributed by atoms with Crippen LogP contribution in [0.1, 0.15) is 20.3 Å². The summed E-state index contributed by atoms with van der Waals surface area (Å²) in [5.74, 6) is 0.656. The third kappa shape index (κ3) is 1.91. The summed E-state index contributed by atoms with van der Waals surface area (Å²) in [7, 11) is -0.869. The summed E-state index contributed by atoms with van der Waals surface area (Å²) in [6, 6.07) is 0. The van der Waals surface area contributed by atoms with Crippen molar-refractivity contribution >= 4 is 7.80 Å². The van der Waals surface area contributed by atoms with E-state index in [1.54, 1.807) is 0 Å². The van der Waals surface area contributed by atoms with Gasteiger partial charge in [-0.3, -0.25) is 0 Å². The molecule has 0 radical (unpaired) electrons. The molecule has 0 N–H and O–H groups in total. The first-order valence-corrected chi connectivity index (χ1v) is 5.44. The van der Waals surface area contributed by atoms with E-state index in [1.165, 1.54) is 5.57 Å². The van der Waals surface area contributed by atoms with Crippen LogP contribution in [0.3, 0.4) is 0 Å². The first-order valence-electron chi connectivity index (χ1n) is 3.81. The zero-order chi connectivity index (χ0) is 7.56. The van der Waals surface area contributed by atoms with Crippen LogP contribution in [-0.2, 0) is 4.57 Å². The van der Waals surface area contributed by atoms with E-state index >= 15 is 0 Å². The molecule has 1 atom stereocenters. The molecule has 1 nitrogen and oxygen atoms in total. The van der Waals surface area contributed by atoms with E-state index in [-0.39, 0.29) is 0 Å². The minimum atomic E-state index is -0.869. The van der Waals surface area contributed by atoms with E-state index in [1.807, 2.05) is 0 Å². The molecule has 0 spiro atoms. The molecule has 0 fully saturated rings. The number of rotatable bonds is 1. The van der Waals surface area contributed by atoms with Gasteiger partial charge < -0.3 is 0 Å². The highest BCUT2D eigenvalue weighted by atomic mass is 31.1. The SMILES string of the molecule is CC(C)C1=CC[P+](=O)CC1. The Morgan fingerprint density at radius 3 is 2.70 bits per heavy atom. The van der Waals surface area contributed by atoms with Crippen LogP contribution in [0.15, 0.2) is 11.6 Å². The molecule has 0 aromatic heterocycles. The van der Waals surface area contributed by atoms with Gasteiger partial charge in [0.25, 0.3) is 0 Å². The maximum Gasteiger partial charge on any atom is 0.343 e. The fraction of sp³-hybridized carbons (Fsp3) is 0.750. The highest BCUT2D eigenvalue weighted by Gasteiger charge is 2.20. The van der Waals surface area contributed by atoms with E-state index in [2.05, 4.69) is 19.9 Å². The molecule has 1 rings (SSSR count). The third-order valence-electron chi connectivity index (χ3n) is 1.95. The van der Waals surface area contributed by atoms with Crippen LogP contribution >= 0.6 is 7.80 Å². The Labute approximate surface area is 63.3 Å². The average molecular weight is 157 g/mol. The highest BCUT2D eigenvalue weighted by Crippen LogP contribution is 2.31. The minimum Gasteiger partial charge on any atom is -0.0745 e. The molecule has 1 aliphatic heterocycles. The summed E-state index contributed by atoms with van der Waals surface area (Å²) in [4.78, 5) is 0. The zero-order valence-electron chi connectivity index (χ0n) is 6.63. The van der Waals surface area contributed by atoms with Crippen LogP contribution in [0.2, 0.25) is 0 Å². The summed E-state index contributed by atoms with van der Waals surface area (Å²) >= 11 is 0. The van der Waals surface area contributed by atoms with Crippen molar-refractivity contribution in [1.29, 1.82) is 0 Å². The van der Waals surface area contributed by atoms with Gasteiger partial charge in [0.05, 0.1) is 0 Å². The molecule has 1 aliphatic rings. The number of hydrogen-bond acceptors (Lipinski definition) is 1. The second-order valence-electron chi connectivity index (χ2n) is 3.07. The molecule has 0 saturated carbocycles. The molecule has 1 unspecified atom stereocenters. The molecule has 1 heterocycles. The van der Waals surface area contributed by atoms with Crippen LogP contribution in [0, 0.1) is 5.92 Å². The van der Waals surface area contributed by atoms with E-state index < -0.39 is 7.80 Å². The van der Waals surface area contributed by atoms with E-state index in [4.69, 9.17) is 0 Å². The summed E-state index contributed by atoms with van der Waals surface area (Å²) in [6.07, 6.45) is 4.96. The van der Waals surface area contributed by atoms with Crippen molar-refractivity contribution in [3.8, 4) is 0 Å². The smallest absolute Gasteiger partial charge is 0.0745 e. The molecule has 0 aromatic rings. The average Bonchev–Trinajstić information content (AvgIpc) is 1.88. The molecule has 0 amide bonds. The third-order valence-corrected chi connectivity index (χ3v) is 3.26. The van der Waals surface area contributed by atoms with Crippen molar-refractivity contribution in [2.75, 3.05) is 12.3 Å². The number of allylic oxidation sites excluding steroid dienone is 2. The predicted molar refractivity (Wildman–Crippen MR) is 44.9 cm³/mol. The van der Waals surface area contributed by atoms with Crippen molar-refractivity contribution < 1.29 is 4.57 Å². The quantitative estimate of drug-likeness (QED) is 0.422. The molecule has 0 aromatic carbocycles. The van der Waals surface area contributed by atoms with E-state index in [0.29, 0.717) is 5.92 Å². The standard InChI is InChI=1S/C8H14OP/c1-7(2)8-3-5-10(9)6-4-8/h3,7H,4-6H2,1-2H3/q+1. The topological polar surface area (TPSA) is 17.1 Å². The van der Waals surface area contributed by atoms with Gasteiger partial charge in [-0.15, -0.1) is 0 Å². The normalized spacial score (nSPS) is 23.1. The van der Waals surface area contributed by atoms with Gasteiger partial charge in [0, 0.05) is 6.42 Å². The predicted octanol–water partition coefficient (Wildman–Crippen LogP) is 2.80. The van der Waals surface area contributed by atoms with Gasteiger partial charge >= 0.3 is 7.80 Å². The van der Waals surface area contributed by atoms with Gasteiger partial charge in [-0.1, -0.05) is 24.0 Å². The van der Waals surface area contributed by atoms with Gasteiger partial charge in [0.2, 0.25) is 0 Å². The van der Waals surface area contributed by atoms with Gasteiger partial charge in [-0.25, -0.2) is 0 Å². The lowest BCUT2D eigenvalue weighted by atomic mass is 10.0. The molecular formula is C8H14OP+. The van der Waals surface area contributed by atoms with Crippen LogP contribution in [0.5, 0.6) is 0 Å². The Morgan fingerprint density at radius 2 is 2.30 bits per heavy atom. The second-order valence-corrected chi connectivity index (χ2v) is 4.85. The van der Waals surface area contributed by atoms with Gasteiger partial charge in [0.15, 0.2) is 6.16 Å². The van der Waals surface area contributed by atoms with Crippen LogP contribution in [0.25, 0.3) is 0 Å². The molecule has 56 valence electrons. The maximum atomic E-state index is 10.9. The van der Waals surface area contributed by atoms with Crippen LogP contribution < -0.4 is 0 Å². The Bertz CT molecular complexity index is 170. The highest BCUT2D eigenvalue weighted by molar-refractivity contribution is 7.44. The van der Waals surface area contributed by atoms with Gasteiger partial charge in [-0.05, 0) is 12.0 Å². The Balaban J connectivity index is 2.56. The Kier molecular flexibility index (Phi) is 2.62. The van der Waals surface area contributed by atoms with Crippen LogP contribution in [-0.4, -0.2) is 12.3 Å². The maximum absolute atomic E-state index is 10.9. The van der Waals surface area contributed by atoms with Gasteiger partial charge in [0.1, 0.15) is 6.16 Å². The first-order chi connectivity index (χ1) is 4.70. The Morgan fingerprint density at radius 1 is 1.60 bits per heavy atom. The molecule has 2 heteroatoms. The first kappa shape index (κ1) is 7.94. The summed E-state index contributed by atoms with van der Waals surface area (Å²) < 4.78 is 10.9. The van der Waals surface area contributed by atoms with Crippen molar-refractivity contribution in [1.82, 2.24) is 0 Å². The van der Waals surface area contributed by atoms with Gasteiger partial charge in [-0.2, -0.15) is 0 Å². The van der Waals surface area contributed by atoms with Crippen molar-refractivity contribution in [3.05, 3.63) is 11.6 Å². The summed E-state index contributed by atoms with van der Waals surface area (Å²) in [5, 5.41) is 0. The molecule has 0 saturated heterocycles. The lowest BCUT2D eigenvalue weighted by molar-refractivity contribution is 0.585. The molecule has 0 aliphatic carbocycles. The monoisotopic (exact) mass is 157 g/mol. The second kappa shape index (κ2) is 3.30. The van der Waals surface area contributed by atoms with Crippen molar-refractivity contribution in [3.63, 3.8) is 0 Å². The van der Waals surface area contributed by atoms with Crippen molar-refractivity contribution in [2.45, 2.75) is 20.3 Å². The molecular weight excluding hydrogens is 143 g/mol. The Hall–Kier alpha value is -0.160. The zero-order valence-corrected chi connectivity index (χ0v) is 7.53. The van der Waals surface area contributed by atoms with E-state index in [9.17, 15) is 4.57 Å².